The van der Waals surface area contributed by atoms with Crippen LogP contribution < -0.4 is 0 Å². The van der Waals surface area contributed by atoms with Crippen LogP contribution in [0.3, 0.4) is 0 Å². The molecule has 3 rings (SSSR count). The number of halogens is 1. The number of hydrogen-bond donors (Lipinski definition) is 0. The van der Waals surface area contributed by atoms with Crippen molar-refractivity contribution in [2.24, 2.45) is 5.92 Å². The Morgan fingerprint density at radius 1 is 1.14 bits per heavy atom. The van der Waals surface area contributed by atoms with Crippen LogP contribution in [0, 0.1) is 5.92 Å². The molecule has 1 saturated carbocycles. The van der Waals surface area contributed by atoms with Gasteiger partial charge >= 0.3 is 0 Å². The van der Waals surface area contributed by atoms with Crippen LogP contribution in [0.1, 0.15) is 51.5 Å². The van der Waals surface area contributed by atoms with E-state index in [1.54, 1.807) is 0 Å². The number of benzene rings is 1. The lowest BCUT2D eigenvalue weighted by Crippen LogP contribution is -2.22. The summed E-state index contributed by atoms with van der Waals surface area (Å²) in [5.41, 5.74) is 1.09. The highest BCUT2D eigenvalue weighted by Gasteiger charge is 2.28. The first-order valence-corrected chi connectivity index (χ1v) is 8.35. The Hall–Kier alpha value is -1.35. The molecular formula is C17H22ClN3. The van der Waals surface area contributed by atoms with Gasteiger partial charge in [-0.05, 0) is 36.8 Å². The van der Waals surface area contributed by atoms with E-state index in [1.165, 1.54) is 32.1 Å². The largest absolute Gasteiger partial charge is 0.294 e. The minimum atomic E-state index is 0.406. The summed E-state index contributed by atoms with van der Waals surface area (Å²) in [5.74, 6) is 1.60. The Morgan fingerprint density at radius 3 is 2.52 bits per heavy atom. The standard InChI is InChI=1S/C17H22ClN3/c1-2-15(13-9-5-3-6-10-13)21-16(19-20-17(21)18)14-11-7-4-8-12-14/h4,7-8,11-13,15H,2-3,5-6,9-10H2,1H3. The fourth-order valence-electron chi connectivity index (χ4n) is 3.60. The third kappa shape index (κ3) is 2.98. The summed E-state index contributed by atoms with van der Waals surface area (Å²) in [7, 11) is 0. The Bertz CT molecular complexity index is 573. The second-order valence-corrected chi connectivity index (χ2v) is 6.24. The van der Waals surface area contributed by atoms with E-state index in [9.17, 15) is 0 Å². The summed E-state index contributed by atoms with van der Waals surface area (Å²) in [6.45, 7) is 2.24. The van der Waals surface area contributed by atoms with Gasteiger partial charge in [0.2, 0.25) is 5.28 Å². The SMILES string of the molecule is CCC(C1CCCCC1)n1c(Cl)nnc1-c1ccccc1. The molecule has 4 heteroatoms. The molecule has 1 aromatic carbocycles. The Morgan fingerprint density at radius 2 is 1.86 bits per heavy atom. The van der Waals surface area contributed by atoms with Crippen molar-refractivity contribution in [3.05, 3.63) is 35.6 Å². The molecule has 1 atom stereocenters. The van der Waals surface area contributed by atoms with Crippen molar-refractivity contribution >= 4 is 11.6 Å². The molecule has 1 aliphatic carbocycles. The van der Waals surface area contributed by atoms with E-state index < -0.39 is 0 Å². The average Bonchev–Trinajstić information content (AvgIpc) is 2.92. The summed E-state index contributed by atoms with van der Waals surface area (Å²) in [6.07, 6.45) is 7.70. The van der Waals surface area contributed by atoms with Crippen molar-refractivity contribution in [1.82, 2.24) is 14.8 Å². The number of nitrogens with zero attached hydrogens (tertiary/aromatic N) is 3. The highest BCUT2D eigenvalue weighted by Crippen LogP contribution is 2.38. The maximum Gasteiger partial charge on any atom is 0.225 e. The first kappa shape index (κ1) is 14.6. The van der Waals surface area contributed by atoms with Crippen LogP contribution in [0.2, 0.25) is 5.28 Å². The second kappa shape index (κ2) is 6.61. The highest BCUT2D eigenvalue weighted by molar-refractivity contribution is 6.28. The summed E-state index contributed by atoms with van der Waals surface area (Å²) in [5, 5.41) is 8.99. The van der Waals surface area contributed by atoms with Gasteiger partial charge in [0, 0.05) is 11.6 Å². The monoisotopic (exact) mass is 303 g/mol. The van der Waals surface area contributed by atoms with E-state index in [0.29, 0.717) is 17.2 Å². The van der Waals surface area contributed by atoms with Gasteiger partial charge in [0.1, 0.15) is 0 Å². The van der Waals surface area contributed by atoms with Gasteiger partial charge < -0.3 is 0 Å². The molecule has 112 valence electrons. The zero-order valence-corrected chi connectivity index (χ0v) is 13.3. The number of hydrogen-bond acceptors (Lipinski definition) is 2. The quantitative estimate of drug-likeness (QED) is 0.784. The van der Waals surface area contributed by atoms with Gasteiger partial charge in [-0.1, -0.05) is 56.5 Å². The van der Waals surface area contributed by atoms with Gasteiger partial charge in [-0.25, -0.2) is 0 Å². The van der Waals surface area contributed by atoms with E-state index in [-0.39, 0.29) is 0 Å². The molecule has 0 saturated heterocycles. The summed E-state index contributed by atoms with van der Waals surface area (Å²) in [6, 6.07) is 10.6. The molecular weight excluding hydrogens is 282 g/mol. The zero-order chi connectivity index (χ0) is 14.7. The lowest BCUT2D eigenvalue weighted by atomic mass is 9.82. The van der Waals surface area contributed by atoms with Gasteiger partial charge in [0.05, 0.1) is 0 Å². The molecule has 1 unspecified atom stereocenters. The molecule has 1 aromatic heterocycles. The molecule has 21 heavy (non-hydrogen) atoms. The molecule has 3 nitrogen and oxygen atoms in total. The van der Waals surface area contributed by atoms with Gasteiger partial charge in [-0.15, -0.1) is 10.2 Å². The predicted molar refractivity (Wildman–Crippen MR) is 86.4 cm³/mol. The van der Waals surface area contributed by atoms with Crippen molar-refractivity contribution in [3.63, 3.8) is 0 Å². The predicted octanol–water partition coefficient (Wildman–Crippen LogP) is 5.13. The maximum absolute atomic E-state index is 6.38. The Kier molecular flexibility index (Phi) is 4.59. The first-order chi connectivity index (χ1) is 10.3. The zero-order valence-electron chi connectivity index (χ0n) is 12.5. The Balaban J connectivity index is 1.98. The molecule has 1 heterocycles. The van der Waals surface area contributed by atoms with Crippen LogP contribution in [-0.2, 0) is 0 Å². The molecule has 0 radical (unpaired) electrons. The second-order valence-electron chi connectivity index (χ2n) is 5.90. The highest BCUT2D eigenvalue weighted by atomic mass is 35.5. The van der Waals surface area contributed by atoms with E-state index >= 15 is 0 Å². The molecule has 0 spiro atoms. The minimum Gasteiger partial charge on any atom is -0.294 e. The normalized spacial score (nSPS) is 17.8. The van der Waals surface area contributed by atoms with E-state index in [0.717, 1.165) is 17.8 Å². The smallest absolute Gasteiger partial charge is 0.225 e. The van der Waals surface area contributed by atoms with Crippen LogP contribution >= 0.6 is 11.6 Å². The van der Waals surface area contributed by atoms with Crippen molar-refractivity contribution in [2.45, 2.75) is 51.5 Å². The number of rotatable bonds is 4. The molecule has 1 fully saturated rings. The van der Waals surface area contributed by atoms with Crippen LogP contribution in [-0.4, -0.2) is 14.8 Å². The van der Waals surface area contributed by atoms with E-state index in [2.05, 4.69) is 33.8 Å². The molecule has 0 N–H and O–H groups in total. The first-order valence-electron chi connectivity index (χ1n) is 7.97. The van der Waals surface area contributed by atoms with Gasteiger partial charge in [-0.2, -0.15) is 0 Å². The Labute approximate surface area is 131 Å². The lowest BCUT2D eigenvalue weighted by molar-refractivity contribution is 0.244. The van der Waals surface area contributed by atoms with Crippen molar-refractivity contribution in [2.75, 3.05) is 0 Å². The average molecular weight is 304 g/mol. The minimum absolute atomic E-state index is 0.406. The molecule has 0 aliphatic heterocycles. The van der Waals surface area contributed by atoms with Crippen molar-refractivity contribution in [1.29, 1.82) is 0 Å². The van der Waals surface area contributed by atoms with Crippen molar-refractivity contribution < 1.29 is 0 Å². The fraction of sp³-hybridized carbons (Fsp3) is 0.529. The van der Waals surface area contributed by atoms with Crippen LogP contribution in [0.4, 0.5) is 0 Å². The summed E-state index contributed by atoms with van der Waals surface area (Å²) >= 11 is 6.38. The van der Waals surface area contributed by atoms with Crippen LogP contribution in [0.25, 0.3) is 11.4 Å². The van der Waals surface area contributed by atoms with Crippen molar-refractivity contribution in [3.8, 4) is 11.4 Å². The summed E-state index contributed by atoms with van der Waals surface area (Å²) in [4.78, 5) is 0. The fourth-order valence-corrected chi connectivity index (χ4v) is 3.84. The van der Waals surface area contributed by atoms with Gasteiger partial charge in [-0.3, -0.25) is 4.57 Å². The third-order valence-electron chi connectivity index (χ3n) is 4.63. The lowest BCUT2D eigenvalue weighted by Gasteiger charge is -2.31. The van der Waals surface area contributed by atoms with E-state index in [4.69, 9.17) is 11.6 Å². The molecule has 0 bridgehead atoms. The van der Waals surface area contributed by atoms with Crippen LogP contribution in [0.15, 0.2) is 30.3 Å². The summed E-state index contributed by atoms with van der Waals surface area (Å²) < 4.78 is 2.16. The van der Waals surface area contributed by atoms with E-state index in [1.807, 2.05) is 18.2 Å². The molecule has 2 aromatic rings. The molecule has 1 aliphatic rings. The topological polar surface area (TPSA) is 30.7 Å². The van der Waals surface area contributed by atoms with Gasteiger partial charge in [0.25, 0.3) is 0 Å². The molecule has 0 amide bonds. The van der Waals surface area contributed by atoms with Gasteiger partial charge in [0.15, 0.2) is 5.82 Å². The van der Waals surface area contributed by atoms with Crippen LogP contribution in [0.5, 0.6) is 0 Å². The maximum atomic E-state index is 6.38. The number of aromatic nitrogens is 3. The third-order valence-corrected chi connectivity index (χ3v) is 4.89.